The first-order valence-electron chi connectivity index (χ1n) is 4.15. The summed E-state index contributed by atoms with van der Waals surface area (Å²) in [7, 11) is 0. The molecule has 1 rings (SSSR count). The Hall–Kier alpha value is -0.380. The van der Waals surface area contributed by atoms with Gasteiger partial charge in [-0.1, -0.05) is 22.4 Å². The van der Waals surface area contributed by atoms with E-state index in [4.69, 9.17) is 0 Å². The molecule has 0 unspecified atom stereocenters. The van der Waals surface area contributed by atoms with E-state index in [1.807, 2.05) is 0 Å². The fourth-order valence-corrected chi connectivity index (χ4v) is 1.62. The second-order valence-corrected chi connectivity index (χ2v) is 3.44. The van der Waals surface area contributed by atoms with Crippen molar-refractivity contribution in [3.63, 3.8) is 0 Å². The van der Waals surface area contributed by atoms with Gasteiger partial charge in [0.15, 0.2) is 0 Å². The van der Waals surface area contributed by atoms with Crippen LogP contribution in [0.5, 0.6) is 0 Å². The summed E-state index contributed by atoms with van der Waals surface area (Å²) < 4.78 is 0. The molecule has 0 aromatic carbocycles. The normalized spacial score (nSPS) is 19.1. The second-order valence-electron chi connectivity index (χ2n) is 2.88. The van der Waals surface area contributed by atoms with Crippen molar-refractivity contribution in [1.82, 2.24) is 4.90 Å². The van der Waals surface area contributed by atoms with Crippen LogP contribution in [0.25, 0.3) is 0 Å². The number of hydrogen-bond donors (Lipinski definition) is 0. The van der Waals surface area contributed by atoms with Crippen molar-refractivity contribution in [3.05, 3.63) is 0 Å². The van der Waals surface area contributed by atoms with E-state index >= 15 is 0 Å². The van der Waals surface area contributed by atoms with E-state index in [0.29, 0.717) is 13.0 Å². The van der Waals surface area contributed by atoms with Crippen molar-refractivity contribution in [3.8, 4) is 0 Å². The van der Waals surface area contributed by atoms with Gasteiger partial charge in [-0.25, -0.2) is 0 Å². The highest BCUT2D eigenvalue weighted by molar-refractivity contribution is 9.09. The molecule has 1 saturated heterocycles. The topological polar surface area (TPSA) is 37.4 Å². The van der Waals surface area contributed by atoms with Gasteiger partial charge in [0.1, 0.15) is 0 Å². The van der Waals surface area contributed by atoms with Crippen LogP contribution in [0.1, 0.15) is 25.7 Å². The van der Waals surface area contributed by atoms with Gasteiger partial charge in [0, 0.05) is 13.0 Å². The Balaban J connectivity index is 2.59. The molecule has 4 heteroatoms. The second kappa shape index (κ2) is 4.60. The molecule has 0 radical (unpaired) electrons. The summed E-state index contributed by atoms with van der Waals surface area (Å²) in [6.45, 7) is 0.600. The van der Waals surface area contributed by atoms with Crippen LogP contribution >= 0.6 is 15.9 Å². The molecular formula is C8H12BrNO2. The fraction of sp³-hybridized carbons (Fsp3) is 0.750. The number of carbonyl (C=O) groups excluding carboxylic acids is 2. The molecule has 0 atom stereocenters. The molecule has 0 bridgehead atoms. The summed E-state index contributed by atoms with van der Waals surface area (Å²) >= 11 is 3.06. The molecule has 1 fully saturated rings. The van der Waals surface area contributed by atoms with Gasteiger partial charge in [-0.3, -0.25) is 14.5 Å². The summed E-state index contributed by atoms with van der Waals surface area (Å²) in [5.41, 5.74) is 0. The molecule has 1 aliphatic heterocycles. The summed E-state index contributed by atoms with van der Waals surface area (Å²) in [4.78, 5) is 23.8. The van der Waals surface area contributed by atoms with Gasteiger partial charge >= 0.3 is 0 Å². The summed E-state index contributed by atoms with van der Waals surface area (Å²) in [6.07, 6.45) is 3.45. The van der Waals surface area contributed by atoms with Crippen LogP contribution < -0.4 is 0 Å². The van der Waals surface area contributed by atoms with Gasteiger partial charge in [0.2, 0.25) is 11.8 Å². The molecule has 1 heterocycles. The van der Waals surface area contributed by atoms with Crippen molar-refractivity contribution in [2.75, 3.05) is 11.9 Å². The number of alkyl halides is 1. The Bertz CT molecular complexity index is 193. The summed E-state index contributed by atoms with van der Waals surface area (Å²) in [6, 6.07) is 0. The third-order valence-electron chi connectivity index (χ3n) is 1.99. The minimum atomic E-state index is -0.109. The Morgan fingerprint density at radius 2 is 2.17 bits per heavy atom. The molecule has 68 valence electrons. The highest BCUT2D eigenvalue weighted by atomic mass is 79.9. The molecule has 0 N–H and O–H groups in total. The third-order valence-corrected chi connectivity index (χ3v) is 2.47. The van der Waals surface area contributed by atoms with Gasteiger partial charge in [-0.05, 0) is 12.8 Å². The van der Waals surface area contributed by atoms with Crippen molar-refractivity contribution >= 4 is 27.7 Å². The lowest BCUT2D eigenvalue weighted by molar-refractivity contribution is -0.142. The minimum Gasteiger partial charge on any atom is -0.282 e. The largest absolute Gasteiger partial charge is 0.282 e. The fourth-order valence-electron chi connectivity index (χ4n) is 1.32. The zero-order valence-corrected chi connectivity index (χ0v) is 8.47. The molecule has 3 nitrogen and oxygen atoms in total. The first-order chi connectivity index (χ1) is 5.75. The van der Waals surface area contributed by atoms with Crippen LogP contribution in [0.3, 0.4) is 0 Å². The molecule has 0 aliphatic carbocycles. The van der Waals surface area contributed by atoms with E-state index in [1.165, 1.54) is 4.90 Å². The van der Waals surface area contributed by atoms with Crippen LogP contribution in [0.15, 0.2) is 0 Å². The number of likely N-dealkylation sites (tertiary alicyclic amines) is 1. The van der Waals surface area contributed by atoms with Gasteiger partial charge < -0.3 is 0 Å². The Labute approximate surface area is 80.2 Å². The zero-order valence-electron chi connectivity index (χ0n) is 6.88. The average Bonchev–Trinajstić information content (AvgIpc) is 2.28. The summed E-state index contributed by atoms with van der Waals surface area (Å²) in [5, 5.41) is 0.249. The lowest BCUT2D eigenvalue weighted by Crippen LogP contribution is -2.37. The summed E-state index contributed by atoms with van der Waals surface area (Å²) in [5.74, 6) is -0.126. The van der Waals surface area contributed by atoms with Crippen molar-refractivity contribution in [1.29, 1.82) is 0 Å². The number of amides is 2. The number of imide groups is 1. The highest BCUT2D eigenvalue weighted by Gasteiger charge is 2.21. The maximum atomic E-state index is 11.3. The number of carbonyl (C=O) groups is 2. The van der Waals surface area contributed by atoms with Crippen molar-refractivity contribution in [2.45, 2.75) is 25.7 Å². The van der Waals surface area contributed by atoms with Crippen LogP contribution in [0.4, 0.5) is 0 Å². The quantitative estimate of drug-likeness (QED) is 0.641. The lowest BCUT2D eigenvalue weighted by atomic mass is 10.2. The van der Waals surface area contributed by atoms with E-state index in [1.54, 1.807) is 0 Å². The number of hydrogen-bond acceptors (Lipinski definition) is 2. The highest BCUT2D eigenvalue weighted by Crippen LogP contribution is 2.11. The lowest BCUT2D eigenvalue weighted by Gasteiger charge is -2.16. The number of nitrogens with zero attached hydrogens (tertiary/aromatic N) is 1. The van der Waals surface area contributed by atoms with Crippen LogP contribution in [0.2, 0.25) is 0 Å². The predicted octanol–water partition coefficient (Wildman–Crippen LogP) is 1.31. The van der Waals surface area contributed by atoms with E-state index in [2.05, 4.69) is 15.9 Å². The first-order valence-corrected chi connectivity index (χ1v) is 5.27. The standard InChI is InChI=1S/C8H12BrNO2/c9-6-8(12)10-5-3-1-2-4-7(10)11/h1-6H2. The Morgan fingerprint density at radius 3 is 2.83 bits per heavy atom. The third kappa shape index (κ3) is 2.30. The van der Waals surface area contributed by atoms with E-state index in [9.17, 15) is 9.59 Å². The zero-order chi connectivity index (χ0) is 8.97. The SMILES string of the molecule is O=C(CBr)N1CCCCCC1=O. The van der Waals surface area contributed by atoms with Gasteiger partial charge in [-0.15, -0.1) is 0 Å². The van der Waals surface area contributed by atoms with Crippen LogP contribution in [-0.4, -0.2) is 28.6 Å². The molecule has 0 spiro atoms. The first kappa shape index (κ1) is 9.71. The molecule has 0 aromatic heterocycles. The molecule has 0 saturated carbocycles. The predicted molar refractivity (Wildman–Crippen MR) is 49.0 cm³/mol. The van der Waals surface area contributed by atoms with E-state index in [-0.39, 0.29) is 17.1 Å². The monoisotopic (exact) mass is 233 g/mol. The van der Waals surface area contributed by atoms with E-state index < -0.39 is 0 Å². The molecule has 0 aromatic rings. The Kier molecular flexibility index (Phi) is 3.72. The maximum absolute atomic E-state index is 11.3. The van der Waals surface area contributed by atoms with Crippen molar-refractivity contribution in [2.24, 2.45) is 0 Å². The van der Waals surface area contributed by atoms with Gasteiger partial charge in [0.25, 0.3) is 0 Å². The Morgan fingerprint density at radius 1 is 1.42 bits per heavy atom. The smallest absolute Gasteiger partial charge is 0.239 e. The molecule has 12 heavy (non-hydrogen) atoms. The van der Waals surface area contributed by atoms with Crippen LogP contribution in [-0.2, 0) is 9.59 Å². The average molecular weight is 234 g/mol. The number of rotatable bonds is 1. The van der Waals surface area contributed by atoms with Gasteiger partial charge in [-0.2, -0.15) is 0 Å². The van der Waals surface area contributed by atoms with E-state index in [0.717, 1.165) is 19.3 Å². The molecule has 1 aliphatic rings. The minimum absolute atomic E-state index is 0.0167. The van der Waals surface area contributed by atoms with Crippen LogP contribution in [0, 0.1) is 0 Å². The van der Waals surface area contributed by atoms with Crippen molar-refractivity contribution < 1.29 is 9.59 Å². The maximum Gasteiger partial charge on any atom is 0.239 e. The van der Waals surface area contributed by atoms with Gasteiger partial charge in [0.05, 0.1) is 5.33 Å². The number of halogens is 1. The molecule has 2 amide bonds. The molecular weight excluding hydrogens is 222 g/mol.